The van der Waals surface area contributed by atoms with Gasteiger partial charge in [0.25, 0.3) is 5.91 Å². The first-order valence-corrected chi connectivity index (χ1v) is 10.3. The summed E-state index contributed by atoms with van der Waals surface area (Å²) in [6, 6.07) is 1.83. The van der Waals surface area contributed by atoms with Gasteiger partial charge in [-0.05, 0) is 38.5 Å². The predicted molar refractivity (Wildman–Crippen MR) is 102 cm³/mol. The van der Waals surface area contributed by atoms with E-state index in [0.29, 0.717) is 28.6 Å². The summed E-state index contributed by atoms with van der Waals surface area (Å²) in [5.41, 5.74) is 1.45. The molecular formula is C21H24N5O3+. The lowest BCUT2D eigenvalue weighted by Gasteiger charge is -2.12. The summed E-state index contributed by atoms with van der Waals surface area (Å²) >= 11 is 0. The molecule has 1 amide bonds. The predicted octanol–water partition coefficient (Wildman–Crippen LogP) is 0.923. The average molecular weight is 394 g/mol. The van der Waals surface area contributed by atoms with Crippen molar-refractivity contribution in [2.45, 2.75) is 51.2 Å². The molecule has 2 aliphatic carbocycles. The highest BCUT2D eigenvalue weighted by Crippen LogP contribution is 2.32. The highest BCUT2D eigenvalue weighted by Gasteiger charge is 2.32. The molecule has 0 unspecified atom stereocenters. The van der Waals surface area contributed by atoms with E-state index in [2.05, 4.69) is 22.2 Å². The summed E-state index contributed by atoms with van der Waals surface area (Å²) in [7, 11) is 0. The number of likely N-dealkylation sites (tertiary alicyclic amines) is 1. The molecule has 8 heteroatoms. The van der Waals surface area contributed by atoms with Crippen molar-refractivity contribution in [2.24, 2.45) is 5.92 Å². The molecule has 0 aromatic carbocycles. The zero-order valence-corrected chi connectivity index (χ0v) is 16.3. The van der Waals surface area contributed by atoms with E-state index >= 15 is 0 Å². The highest BCUT2D eigenvalue weighted by atomic mass is 16.5. The van der Waals surface area contributed by atoms with Gasteiger partial charge in [-0.25, -0.2) is 0 Å². The van der Waals surface area contributed by atoms with Crippen molar-refractivity contribution in [2.75, 3.05) is 13.1 Å². The normalized spacial score (nSPS) is 18.4. The fourth-order valence-electron chi connectivity index (χ4n) is 3.45. The molecule has 29 heavy (non-hydrogen) atoms. The molecule has 1 saturated heterocycles. The van der Waals surface area contributed by atoms with Gasteiger partial charge in [0.05, 0.1) is 16.8 Å². The molecule has 1 N–H and O–H groups in total. The van der Waals surface area contributed by atoms with Gasteiger partial charge in [-0.1, -0.05) is 17.1 Å². The third-order valence-corrected chi connectivity index (χ3v) is 5.40. The molecule has 0 atom stereocenters. The first-order chi connectivity index (χ1) is 14.2. The molecule has 5 rings (SSSR count). The largest absolute Gasteiger partial charge is 0.618 e. The van der Waals surface area contributed by atoms with Gasteiger partial charge >= 0.3 is 11.4 Å². The molecule has 0 bridgehead atoms. The van der Waals surface area contributed by atoms with Crippen molar-refractivity contribution in [1.29, 1.82) is 0 Å². The number of ether oxygens (including phenoxy) is 1. The van der Waals surface area contributed by atoms with Crippen LogP contribution >= 0.6 is 0 Å². The second-order valence-corrected chi connectivity index (χ2v) is 8.07. The molecule has 150 valence electrons. The number of nitrogens with one attached hydrogen (secondary N) is 1. The summed E-state index contributed by atoms with van der Waals surface area (Å²) in [5, 5.41) is 19.9. The minimum Gasteiger partial charge on any atom is -0.618 e. The molecule has 8 nitrogen and oxygen atoms in total. The Morgan fingerprint density at radius 2 is 2.07 bits per heavy atom. The van der Waals surface area contributed by atoms with Crippen LogP contribution in [0.1, 0.15) is 44.1 Å². The lowest BCUT2D eigenvalue weighted by molar-refractivity contribution is -0.742. The number of nitrogens with zero attached hydrogens (tertiary/aromatic N) is 4. The topological polar surface area (TPSA) is 89.0 Å². The number of amides is 1. The standard InChI is InChI=1S/C21H23N5O3/c27-20(24-9-1-2-10-24)14-25-13-18(22-23-25)21-19(29-17-7-8-17)11-16(12-26(21)28)6-5-15-3-4-15/h11-13,15,17H,1-4,7-10,14H2/p+1. The van der Waals surface area contributed by atoms with Crippen LogP contribution in [0.25, 0.3) is 11.4 Å². The van der Waals surface area contributed by atoms with E-state index in [4.69, 9.17) is 4.74 Å². The molecule has 0 spiro atoms. The van der Waals surface area contributed by atoms with Crippen LogP contribution in [0.3, 0.4) is 0 Å². The Balaban J connectivity index is 1.41. The van der Waals surface area contributed by atoms with E-state index in [1.54, 1.807) is 10.9 Å². The Morgan fingerprint density at radius 3 is 2.79 bits per heavy atom. The fraction of sp³-hybridized carbons (Fsp3) is 0.524. The van der Waals surface area contributed by atoms with Crippen molar-refractivity contribution in [1.82, 2.24) is 15.2 Å². The fourth-order valence-corrected chi connectivity index (χ4v) is 3.45. The number of aromatic amines is 1. The summed E-state index contributed by atoms with van der Waals surface area (Å²) in [6.45, 7) is 1.79. The van der Waals surface area contributed by atoms with Crippen LogP contribution in [0, 0.1) is 23.0 Å². The van der Waals surface area contributed by atoms with E-state index in [0.717, 1.165) is 56.3 Å². The van der Waals surface area contributed by atoms with Crippen LogP contribution in [0.4, 0.5) is 0 Å². The summed E-state index contributed by atoms with van der Waals surface area (Å²) in [6.07, 6.45) is 9.66. The number of rotatable bonds is 5. The van der Waals surface area contributed by atoms with Crippen LogP contribution in [-0.2, 0) is 11.3 Å². The van der Waals surface area contributed by atoms with Crippen molar-refractivity contribution in [3.05, 3.63) is 29.2 Å². The van der Waals surface area contributed by atoms with E-state index in [1.807, 2.05) is 11.0 Å². The Labute approximate surface area is 169 Å². The first kappa shape index (κ1) is 18.0. The van der Waals surface area contributed by atoms with Crippen LogP contribution in [0.15, 0.2) is 18.5 Å². The van der Waals surface area contributed by atoms with E-state index in [-0.39, 0.29) is 18.6 Å². The van der Waals surface area contributed by atoms with Gasteiger partial charge in [0.2, 0.25) is 0 Å². The molecule has 2 saturated carbocycles. The van der Waals surface area contributed by atoms with Crippen LogP contribution < -0.4 is 14.1 Å². The maximum atomic E-state index is 12.8. The second kappa shape index (κ2) is 7.39. The maximum Gasteiger partial charge on any atom is 0.317 e. The molecule has 2 aromatic rings. The van der Waals surface area contributed by atoms with Gasteiger partial charge in [-0.2, -0.15) is 9.41 Å². The molecule has 3 heterocycles. The monoisotopic (exact) mass is 394 g/mol. The Bertz CT molecular complexity index is 991. The molecule has 1 aliphatic heterocycles. The average Bonchev–Trinajstić information content (AvgIpc) is 3.59. The highest BCUT2D eigenvalue weighted by molar-refractivity contribution is 5.74. The lowest BCUT2D eigenvalue weighted by atomic mass is 10.2. The number of aromatic nitrogens is 4. The van der Waals surface area contributed by atoms with E-state index < -0.39 is 0 Å². The zero-order valence-electron chi connectivity index (χ0n) is 16.3. The van der Waals surface area contributed by atoms with Crippen molar-refractivity contribution in [3.63, 3.8) is 0 Å². The quantitative estimate of drug-likeness (QED) is 0.464. The van der Waals surface area contributed by atoms with E-state index in [9.17, 15) is 10.0 Å². The van der Waals surface area contributed by atoms with Crippen LogP contribution in [-0.4, -0.2) is 40.3 Å². The second-order valence-electron chi connectivity index (χ2n) is 8.07. The van der Waals surface area contributed by atoms with Crippen molar-refractivity contribution < 1.29 is 18.9 Å². The number of carbonyl (C=O) groups excluding carboxylic acids is 1. The summed E-state index contributed by atoms with van der Waals surface area (Å²) < 4.78 is 8.38. The number of hydrogen-bond acceptors (Lipinski definition) is 4. The zero-order chi connectivity index (χ0) is 19.8. The first-order valence-electron chi connectivity index (χ1n) is 10.3. The number of hydrogen-bond donors (Lipinski definition) is 1. The molecule has 3 fully saturated rings. The van der Waals surface area contributed by atoms with Crippen molar-refractivity contribution in [3.8, 4) is 29.0 Å². The lowest BCUT2D eigenvalue weighted by Crippen LogP contribution is -2.45. The Hall–Kier alpha value is -3.08. The third kappa shape index (κ3) is 4.19. The van der Waals surface area contributed by atoms with Gasteiger partial charge < -0.3 is 14.8 Å². The molecular weight excluding hydrogens is 370 g/mol. The van der Waals surface area contributed by atoms with E-state index in [1.165, 1.54) is 6.20 Å². The van der Waals surface area contributed by atoms with Gasteiger partial charge in [-0.3, -0.25) is 4.79 Å². The van der Waals surface area contributed by atoms with Crippen LogP contribution in [0.2, 0.25) is 0 Å². The number of pyridine rings is 1. The maximum absolute atomic E-state index is 12.8. The van der Waals surface area contributed by atoms with Gasteiger partial charge in [-0.15, -0.1) is 0 Å². The summed E-state index contributed by atoms with van der Waals surface area (Å²) in [4.78, 5) is 14.2. The smallest absolute Gasteiger partial charge is 0.317 e. The minimum absolute atomic E-state index is 0.0536. The van der Waals surface area contributed by atoms with Gasteiger partial charge in [0, 0.05) is 25.1 Å². The number of H-pyrrole nitrogens is 1. The SMILES string of the molecule is O=C(C[n+]1cc(-c2c(OC3CC3)cc(C#CC3CC3)c[n+]2[O-])n[nH]1)N1CCCC1. The molecule has 2 aromatic heterocycles. The summed E-state index contributed by atoms with van der Waals surface area (Å²) in [5.74, 6) is 7.28. The van der Waals surface area contributed by atoms with Crippen molar-refractivity contribution >= 4 is 5.91 Å². The number of carbonyl (C=O) groups is 1. The molecule has 3 aliphatic rings. The third-order valence-electron chi connectivity index (χ3n) is 5.40. The van der Waals surface area contributed by atoms with Gasteiger partial charge in [0.1, 0.15) is 0 Å². The van der Waals surface area contributed by atoms with Gasteiger partial charge in [0.15, 0.2) is 24.7 Å². The molecule has 0 radical (unpaired) electrons. The Kier molecular flexibility index (Phi) is 4.58. The Morgan fingerprint density at radius 1 is 1.28 bits per heavy atom. The minimum atomic E-state index is 0.0536. The van der Waals surface area contributed by atoms with Crippen LogP contribution in [0.5, 0.6) is 5.75 Å².